The second-order valence-corrected chi connectivity index (χ2v) is 15.7. The first kappa shape index (κ1) is 29.0. The number of hydrogen-bond acceptors (Lipinski definition) is 2. The van der Waals surface area contributed by atoms with Gasteiger partial charge in [-0.25, -0.2) is 0 Å². The number of rotatable bonds is 6. The number of benzene rings is 7. The summed E-state index contributed by atoms with van der Waals surface area (Å²) in [4.78, 5) is 0. The zero-order valence-electron chi connectivity index (χ0n) is 26.1. The molecule has 0 N–H and O–H groups in total. The van der Waals surface area contributed by atoms with Gasteiger partial charge in [-0.2, -0.15) is 10.5 Å². The van der Waals surface area contributed by atoms with E-state index in [1.165, 1.54) is 15.6 Å². The zero-order valence-corrected chi connectivity index (χ0v) is 27.1. The van der Waals surface area contributed by atoms with Crippen LogP contribution in [0.25, 0.3) is 38.6 Å². The fraction of sp³-hybridized carbons (Fsp3) is 0. The van der Waals surface area contributed by atoms with Crippen molar-refractivity contribution in [2.45, 2.75) is 0 Å². The first-order valence-electron chi connectivity index (χ1n) is 16.0. The topological polar surface area (TPSA) is 52.5 Å². The van der Waals surface area contributed by atoms with E-state index in [9.17, 15) is 10.5 Å². The molecule has 7 aromatic carbocycles. The molecule has 1 heterocycles. The molecule has 0 fully saturated rings. The van der Waals surface area contributed by atoms with Crippen molar-refractivity contribution < 1.29 is 0 Å². The quantitative estimate of drug-likeness (QED) is 0.141. The molecule has 0 bridgehead atoms. The van der Waals surface area contributed by atoms with Crippen molar-refractivity contribution in [2.75, 3.05) is 0 Å². The average Bonchev–Trinajstić information content (AvgIpc) is 3.50. The third-order valence-electron chi connectivity index (χ3n) is 9.42. The van der Waals surface area contributed by atoms with Gasteiger partial charge in [0.15, 0.2) is 8.07 Å². The van der Waals surface area contributed by atoms with E-state index < -0.39 is 8.07 Å². The SMILES string of the molecule is N#Cc1ccc2c(c1)c1ccccc1n2-c1ccc(-c2ccc(C#N)c([Si](c3ccccc3)(c3ccccc3)c3ccccc3)c2)cc1. The van der Waals surface area contributed by atoms with Gasteiger partial charge in [0.1, 0.15) is 0 Å². The molecule has 4 heteroatoms. The van der Waals surface area contributed by atoms with Gasteiger partial charge in [-0.15, -0.1) is 0 Å². The molecule has 0 radical (unpaired) electrons. The highest BCUT2D eigenvalue weighted by Crippen LogP contribution is 2.33. The minimum atomic E-state index is -2.90. The van der Waals surface area contributed by atoms with Crippen molar-refractivity contribution >= 4 is 50.6 Å². The summed E-state index contributed by atoms with van der Waals surface area (Å²) in [6.45, 7) is 0. The molecular weight excluding hydrogens is 599 g/mol. The highest BCUT2D eigenvalue weighted by atomic mass is 28.3. The van der Waals surface area contributed by atoms with E-state index >= 15 is 0 Å². The maximum Gasteiger partial charge on any atom is 0.180 e. The first-order chi connectivity index (χ1) is 23.7. The average molecular weight is 628 g/mol. The number of fused-ring (bicyclic) bond motifs is 3. The van der Waals surface area contributed by atoms with Crippen LogP contribution in [-0.2, 0) is 0 Å². The van der Waals surface area contributed by atoms with Crippen LogP contribution in [-0.4, -0.2) is 12.6 Å². The molecule has 0 spiro atoms. The zero-order chi connectivity index (χ0) is 32.5. The summed E-state index contributed by atoms with van der Waals surface area (Å²) in [5.74, 6) is 0. The number of aromatic nitrogens is 1. The van der Waals surface area contributed by atoms with Crippen molar-refractivity contribution in [3.8, 4) is 29.0 Å². The van der Waals surface area contributed by atoms with E-state index in [4.69, 9.17) is 0 Å². The molecule has 0 atom stereocenters. The maximum atomic E-state index is 10.6. The van der Waals surface area contributed by atoms with E-state index in [0.717, 1.165) is 43.8 Å². The molecule has 0 aliphatic carbocycles. The number of hydrogen-bond donors (Lipinski definition) is 0. The number of nitrogens with zero attached hydrogens (tertiary/aromatic N) is 3. The summed E-state index contributed by atoms with van der Waals surface area (Å²) >= 11 is 0. The van der Waals surface area contributed by atoms with Crippen molar-refractivity contribution in [1.29, 1.82) is 10.5 Å². The van der Waals surface area contributed by atoms with Gasteiger partial charge in [-0.3, -0.25) is 0 Å². The first-order valence-corrected chi connectivity index (χ1v) is 18.0. The molecular formula is C44H29N3Si. The lowest BCUT2D eigenvalue weighted by Gasteiger charge is -2.35. The maximum absolute atomic E-state index is 10.6. The van der Waals surface area contributed by atoms with Crippen molar-refractivity contribution in [3.63, 3.8) is 0 Å². The van der Waals surface area contributed by atoms with Gasteiger partial charge in [-0.05, 0) is 74.3 Å². The normalized spacial score (nSPS) is 11.3. The highest BCUT2D eigenvalue weighted by molar-refractivity contribution is 7.20. The Morgan fingerprint density at radius 1 is 0.438 bits per heavy atom. The Morgan fingerprint density at radius 3 is 1.56 bits per heavy atom. The van der Waals surface area contributed by atoms with E-state index in [1.54, 1.807) is 0 Å². The van der Waals surface area contributed by atoms with Gasteiger partial charge in [0.05, 0.1) is 34.3 Å². The molecule has 224 valence electrons. The van der Waals surface area contributed by atoms with Crippen molar-refractivity contribution in [2.24, 2.45) is 0 Å². The number of para-hydroxylation sites is 1. The lowest BCUT2D eigenvalue weighted by molar-refractivity contribution is 1.18. The van der Waals surface area contributed by atoms with E-state index in [2.05, 4.69) is 162 Å². The van der Waals surface area contributed by atoms with Crippen LogP contribution < -0.4 is 20.7 Å². The van der Waals surface area contributed by atoms with E-state index in [1.807, 2.05) is 30.3 Å². The summed E-state index contributed by atoms with van der Waals surface area (Å²) in [7, 11) is -2.90. The molecule has 8 aromatic rings. The van der Waals surface area contributed by atoms with Crippen molar-refractivity contribution in [1.82, 2.24) is 4.57 Å². The smallest absolute Gasteiger partial charge is 0.180 e. The lowest BCUT2D eigenvalue weighted by atomic mass is 10.0. The molecule has 8 rings (SSSR count). The minimum Gasteiger partial charge on any atom is -0.309 e. The molecule has 0 saturated heterocycles. The summed E-state index contributed by atoms with van der Waals surface area (Å²) in [5.41, 5.74) is 6.70. The Balaban J connectivity index is 1.32. The Labute approximate surface area is 280 Å². The van der Waals surface area contributed by atoms with Gasteiger partial charge >= 0.3 is 0 Å². The molecule has 0 amide bonds. The van der Waals surface area contributed by atoms with Crippen LogP contribution in [0.1, 0.15) is 11.1 Å². The van der Waals surface area contributed by atoms with Crippen LogP contribution in [0.5, 0.6) is 0 Å². The molecule has 0 aliphatic heterocycles. The molecule has 1 aromatic heterocycles. The summed E-state index contributed by atoms with van der Waals surface area (Å²) < 4.78 is 2.26. The van der Waals surface area contributed by atoms with Crippen LogP contribution in [0.4, 0.5) is 0 Å². The summed E-state index contributed by atoms with van der Waals surface area (Å²) in [5, 5.41) is 27.1. The van der Waals surface area contributed by atoms with Gasteiger partial charge in [-0.1, -0.05) is 133 Å². The van der Waals surface area contributed by atoms with Gasteiger partial charge < -0.3 is 4.57 Å². The largest absolute Gasteiger partial charge is 0.309 e. The van der Waals surface area contributed by atoms with Crippen LogP contribution in [0.3, 0.4) is 0 Å². The Hall–Kier alpha value is -6.46. The monoisotopic (exact) mass is 627 g/mol. The van der Waals surface area contributed by atoms with Crippen LogP contribution in [0.2, 0.25) is 0 Å². The van der Waals surface area contributed by atoms with E-state index in [0.29, 0.717) is 11.1 Å². The fourth-order valence-electron chi connectivity index (χ4n) is 7.29. The Bertz CT molecular complexity index is 2410. The van der Waals surface area contributed by atoms with E-state index in [-0.39, 0.29) is 0 Å². The molecule has 0 aliphatic rings. The standard InChI is InChI=1S/C44H29N3Si/c45-30-32-20-27-43-41(28-32)40-18-10-11-19-42(40)47(43)36-25-23-33(24-26-36)34-21-22-35(31-46)44(29-34)48(37-12-4-1-5-13-37,38-14-6-2-7-15-38)39-16-8-3-9-17-39/h1-29H. The molecule has 0 saturated carbocycles. The minimum absolute atomic E-state index is 0.651. The van der Waals surface area contributed by atoms with Crippen LogP contribution in [0.15, 0.2) is 176 Å². The fourth-order valence-corrected chi connectivity index (χ4v) is 12.2. The Morgan fingerprint density at radius 2 is 0.979 bits per heavy atom. The van der Waals surface area contributed by atoms with Gasteiger partial charge in [0.2, 0.25) is 0 Å². The lowest BCUT2D eigenvalue weighted by Crippen LogP contribution is -2.75. The Kier molecular flexibility index (Phi) is 7.27. The third kappa shape index (κ3) is 4.64. The predicted octanol–water partition coefficient (Wildman–Crippen LogP) is 7.57. The van der Waals surface area contributed by atoms with Crippen molar-refractivity contribution in [3.05, 3.63) is 187 Å². The number of nitriles is 2. The molecule has 48 heavy (non-hydrogen) atoms. The predicted molar refractivity (Wildman–Crippen MR) is 199 cm³/mol. The third-order valence-corrected chi connectivity index (χ3v) is 14.2. The van der Waals surface area contributed by atoms with Crippen LogP contribution in [0, 0.1) is 22.7 Å². The second kappa shape index (κ2) is 12.0. The van der Waals surface area contributed by atoms with Gasteiger partial charge in [0.25, 0.3) is 0 Å². The summed E-state index contributed by atoms with van der Waals surface area (Å²) in [6, 6.07) is 66.2. The van der Waals surface area contributed by atoms with Crippen LogP contribution >= 0.6 is 0 Å². The molecule has 3 nitrogen and oxygen atoms in total. The van der Waals surface area contributed by atoms with Gasteiger partial charge in [0, 0.05) is 16.5 Å². The highest BCUT2D eigenvalue weighted by Gasteiger charge is 2.43. The summed E-state index contributed by atoms with van der Waals surface area (Å²) in [6.07, 6.45) is 0. The molecule has 0 unspecified atom stereocenters. The second-order valence-electron chi connectivity index (χ2n) is 12.0.